The van der Waals surface area contributed by atoms with Crippen molar-refractivity contribution in [2.45, 2.75) is 44.6 Å². The summed E-state index contributed by atoms with van der Waals surface area (Å²) in [6.07, 6.45) is 6.14. The predicted molar refractivity (Wildman–Crippen MR) is 73.7 cm³/mol. The van der Waals surface area contributed by atoms with E-state index in [4.69, 9.17) is 6.42 Å². The molecule has 1 N–H and O–H groups in total. The van der Waals surface area contributed by atoms with E-state index in [9.17, 15) is 12.8 Å². The molecule has 1 aromatic carbocycles. The molecule has 0 saturated heterocycles. The van der Waals surface area contributed by atoms with E-state index in [1.54, 1.807) is 13.8 Å². The summed E-state index contributed by atoms with van der Waals surface area (Å²) < 4.78 is 40.4. The van der Waals surface area contributed by atoms with E-state index in [1.807, 2.05) is 6.92 Å². The Morgan fingerprint density at radius 3 is 2.32 bits per heavy atom. The number of benzene rings is 1. The molecule has 0 heterocycles. The molecule has 0 amide bonds. The Balaban J connectivity index is 3.18. The average molecular weight is 283 g/mol. The zero-order chi connectivity index (χ0) is 14.6. The molecule has 0 aliphatic heterocycles. The molecule has 3 nitrogen and oxygen atoms in total. The fraction of sp³-hybridized carbons (Fsp3) is 0.429. The first-order valence-corrected chi connectivity index (χ1v) is 7.52. The van der Waals surface area contributed by atoms with Crippen LogP contribution in [-0.4, -0.2) is 14.5 Å². The van der Waals surface area contributed by atoms with Crippen molar-refractivity contribution < 1.29 is 12.8 Å². The van der Waals surface area contributed by atoms with Crippen molar-refractivity contribution in [2.75, 3.05) is 0 Å². The summed E-state index contributed by atoms with van der Waals surface area (Å²) in [5.74, 6) is 2.00. The number of terminal acetylenes is 1. The maximum Gasteiger partial charge on any atom is 0.241 e. The van der Waals surface area contributed by atoms with E-state index < -0.39 is 15.8 Å². The first-order valence-electron chi connectivity index (χ1n) is 6.04. The maximum absolute atomic E-state index is 13.2. The summed E-state index contributed by atoms with van der Waals surface area (Å²) in [7, 11) is -3.68. The molecule has 0 saturated carbocycles. The first kappa shape index (κ1) is 15.7. The lowest BCUT2D eigenvalue weighted by Gasteiger charge is -2.17. The van der Waals surface area contributed by atoms with Gasteiger partial charge in [0.05, 0.1) is 4.90 Å². The van der Waals surface area contributed by atoms with Gasteiger partial charge in [0.25, 0.3) is 0 Å². The van der Waals surface area contributed by atoms with Crippen LogP contribution in [0.3, 0.4) is 0 Å². The van der Waals surface area contributed by atoms with E-state index in [1.165, 1.54) is 12.1 Å². The minimum atomic E-state index is -3.68. The van der Waals surface area contributed by atoms with Gasteiger partial charge in [-0.3, -0.25) is 0 Å². The highest BCUT2D eigenvalue weighted by Gasteiger charge is 2.23. The van der Waals surface area contributed by atoms with Gasteiger partial charge >= 0.3 is 0 Å². The van der Waals surface area contributed by atoms with Crippen LogP contribution in [0.5, 0.6) is 0 Å². The van der Waals surface area contributed by atoms with Crippen LogP contribution in [0, 0.1) is 32.0 Å². The molecule has 0 aromatic heterocycles. The van der Waals surface area contributed by atoms with Gasteiger partial charge in [-0.2, -0.15) is 0 Å². The molecule has 0 aliphatic carbocycles. The Hall–Kier alpha value is -1.38. The molecule has 1 aromatic rings. The number of hydrogen-bond donors (Lipinski definition) is 1. The molecule has 0 bridgehead atoms. The summed E-state index contributed by atoms with van der Waals surface area (Å²) in [5.41, 5.74) is 0.779. The summed E-state index contributed by atoms with van der Waals surface area (Å²) in [6.45, 7) is 5.01. The van der Waals surface area contributed by atoms with E-state index in [0.29, 0.717) is 24.0 Å². The average Bonchev–Trinajstić information content (AvgIpc) is 2.25. The highest BCUT2D eigenvalue weighted by atomic mass is 32.2. The van der Waals surface area contributed by atoms with E-state index in [-0.39, 0.29) is 10.9 Å². The lowest BCUT2D eigenvalue weighted by atomic mass is 10.1. The molecule has 0 radical (unpaired) electrons. The zero-order valence-corrected chi connectivity index (χ0v) is 12.1. The molecule has 0 spiro atoms. The molecule has 19 heavy (non-hydrogen) atoms. The quantitative estimate of drug-likeness (QED) is 0.844. The van der Waals surface area contributed by atoms with Crippen molar-refractivity contribution in [2.24, 2.45) is 0 Å². The normalized spacial score (nSPS) is 13.0. The van der Waals surface area contributed by atoms with Crippen molar-refractivity contribution in [1.29, 1.82) is 0 Å². The number of halogens is 1. The summed E-state index contributed by atoms with van der Waals surface area (Å²) >= 11 is 0. The Morgan fingerprint density at radius 1 is 1.37 bits per heavy atom. The first-order chi connectivity index (χ1) is 8.81. The van der Waals surface area contributed by atoms with E-state index >= 15 is 0 Å². The van der Waals surface area contributed by atoms with Crippen LogP contribution in [0.15, 0.2) is 17.0 Å². The molecular formula is C14H18FNO2S. The molecule has 1 atom stereocenters. The lowest BCUT2D eigenvalue weighted by molar-refractivity contribution is 0.542. The molecule has 0 aliphatic rings. The van der Waals surface area contributed by atoms with Crippen molar-refractivity contribution in [3.63, 3.8) is 0 Å². The molecule has 1 unspecified atom stereocenters. The summed E-state index contributed by atoms with van der Waals surface area (Å²) in [5, 5.41) is 0. The van der Waals surface area contributed by atoms with Crippen LogP contribution in [0.4, 0.5) is 4.39 Å². The van der Waals surface area contributed by atoms with Gasteiger partial charge < -0.3 is 0 Å². The van der Waals surface area contributed by atoms with Gasteiger partial charge in [-0.15, -0.1) is 12.3 Å². The minimum absolute atomic E-state index is 0.129. The largest absolute Gasteiger partial charge is 0.241 e. The molecule has 1 rings (SSSR count). The van der Waals surface area contributed by atoms with Crippen LogP contribution in [0.2, 0.25) is 0 Å². The second kappa shape index (κ2) is 6.18. The van der Waals surface area contributed by atoms with Crippen LogP contribution in [-0.2, 0) is 10.0 Å². The van der Waals surface area contributed by atoms with Gasteiger partial charge in [0.2, 0.25) is 10.0 Å². The fourth-order valence-corrected chi connectivity index (χ4v) is 3.78. The van der Waals surface area contributed by atoms with Gasteiger partial charge in [0.15, 0.2) is 0 Å². The molecule has 5 heteroatoms. The smallest absolute Gasteiger partial charge is 0.207 e. The lowest BCUT2D eigenvalue weighted by Crippen LogP contribution is -2.34. The predicted octanol–water partition coefficient (Wildman–Crippen LogP) is 2.52. The van der Waals surface area contributed by atoms with Gasteiger partial charge in [-0.05, 0) is 43.5 Å². The minimum Gasteiger partial charge on any atom is -0.207 e. The number of sulfonamides is 1. The molecule has 104 valence electrons. The second-order valence-corrected chi connectivity index (χ2v) is 6.15. The number of aryl methyl sites for hydroxylation is 2. The topological polar surface area (TPSA) is 46.2 Å². The number of nitrogens with one attached hydrogen (secondary N) is 1. The number of hydrogen-bond acceptors (Lipinski definition) is 2. The van der Waals surface area contributed by atoms with Crippen molar-refractivity contribution in [3.05, 3.63) is 29.1 Å². The SMILES string of the molecule is C#CCC(CC)NS(=O)(=O)c1c(C)cc(F)cc1C. The van der Waals surface area contributed by atoms with E-state index in [0.717, 1.165) is 0 Å². The van der Waals surface area contributed by atoms with E-state index in [2.05, 4.69) is 10.6 Å². The van der Waals surface area contributed by atoms with Gasteiger partial charge in [-0.25, -0.2) is 17.5 Å². The molecular weight excluding hydrogens is 265 g/mol. The van der Waals surface area contributed by atoms with Crippen LogP contribution in [0.25, 0.3) is 0 Å². The third-order valence-electron chi connectivity index (χ3n) is 2.87. The molecule has 0 fully saturated rings. The van der Waals surface area contributed by atoms with Crippen LogP contribution >= 0.6 is 0 Å². The monoisotopic (exact) mass is 283 g/mol. The van der Waals surface area contributed by atoms with Gasteiger partial charge in [0, 0.05) is 12.5 Å². The van der Waals surface area contributed by atoms with Gasteiger partial charge in [0.1, 0.15) is 5.82 Å². The fourth-order valence-electron chi connectivity index (χ4n) is 2.01. The Morgan fingerprint density at radius 2 is 1.89 bits per heavy atom. The zero-order valence-electron chi connectivity index (χ0n) is 11.3. The van der Waals surface area contributed by atoms with Gasteiger partial charge in [-0.1, -0.05) is 6.92 Å². The Labute approximate surface area is 114 Å². The van der Waals surface area contributed by atoms with Crippen molar-refractivity contribution in [1.82, 2.24) is 4.72 Å². The summed E-state index contributed by atoms with van der Waals surface area (Å²) in [6, 6.07) is 2.12. The van der Waals surface area contributed by atoms with Crippen LogP contribution < -0.4 is 4.72 Å². The third kappa shape index (κ3) is 3.79. The van der Waals surface area contributed by atoms with Crippen LogP contribution in [0.1, 0.15) is 30.9 Å². The van der Waals surface area contributed by atoms with Crippen molar-refractivity contribution in [3.8, 4) is 12.3 Å². The Kier molecular flexibility index (Phi) is 5.10. The summed E-state index contributed by atoms with van der Waals surface area (Å²) in [4.78, 5) is 0.129. The number of rotatable bonds is 5. The Bertz CT molecular complexity index is 579. The standard InChI is InChI=1S/C14H18FNO2S/c1-5-7-13(6-2)16-19(17,18)14-10(3)8-12(15)9-11(14)4/h1,8-9,13,16H,6-7H2,2-4H3. The highest BCUT2D eigenvalue weighted by molar-refractivity contribution is 7.89. The van der Waals surface area contributed by atoms with Crippen molar-refractivity contribution >= 4 is 10.0 Å². The highest BCUT2D eigenvalue weighted by Crippen LogP contribution is 2.22. The second-order valence-electron chi connectivity index (χ2n) is 4.50. The third-order valence-corrected chi connectivity index (χ3v) is 4.70. The maximum atomic E-state index is 13.2.